The van der Waals surface area contributed by atoms with Crippen LogP contribution in [-0.2, 0) is 0 Å². The molecule has 0 heterocycles. The number of fused-ring (bicyclic) bond motifs is 1. The van der Waals surface area contributed by atoms with Gasteiger partial charge >= 0.3 is 0 Å². The number of carbonyl (C=O) groups is 1. The van der Waals surface area contributed by atoms with Crippen molar-refractivity contribution < 1.29 is 9.18 Å². The Balaban J connectivity index is 1.81. The number of nitrogens with one attached hydrogen (secondary N) is 1. The van der Waals surface area contributed by atoms with Crippen molar-refractivity contribution in [3.05, 3.63) is 83.7 Å². The molecule has 1 unspecified atom stereocenters. The van der Waals surface area contributed by atoms with E-state index in [9.17, 15) is 9.18 Å². The molecule has 134 valence electrons. The SMILES string of the molecule is CN(C)CCC(NC(=O)c1ccc2ccccc2c1)c1ccc(F)cc1. The lowest BCUT2D eigenvalue weighted by Crippen LogP contribution is -2.31. The predicted molar refractivity (Wildman–Crippen MR) is 104 cm³/mol. The number of hydrogen-bond acceptors (Lipinski definition) is 2. The minimum absolute atomic E-state index is 0.121. The zero-order valence-electron chi connectivity index (χ0n) is 15.1. The molecule has 26 heavy (non-hydrogen) atoms. The van der Waals surface area contributed by atoms with Gasteiger partial charge in [0.05, 0.1) is 6.04 Å². The first-order valence-electron chi connectivity index (χ1n) is 8.73. The molecule has 1 N–H and O–H groups in total. The van der Waals surface area contributed by atoms with E-state index in [0.29, 0.717) is 5.56 Å². The zero-order valence-corrected chi connectivity index (χ0v) is 15.1. The second-order valence-corrected chi connectivity index (χ2v) is 6.73. The number of benzene rings is 3. The van der Waals surface area contributed by atoms with Crippen LogP contribution in [0, 0.1) is 5.82 Å². The molecular weight excluding hydrogens is 327 g/mol. The van der Waals surface area contributed by atoms with E-state index in [0.717, 1.165) is 29.3 Å². The fraction of sp³-hybridized carbons (Fsp3) is 0.227. The molecule has 0 aliphatic rings. The molecule has 1 atom stereocenters. The Morgan fingerprint density at radius 3 is 2.38 bits per heavy atom. The highest BCUT2D eigenvalue weighted by Crippen LogP contribution is 2.20. The van der Waals surface area contributed by atoms with Crippen LogP contribution in [0.3, 0.4) is 0 Å². The molecule has 0 aliphatic carbocycles. The van der Waals surface area contributed by atoms with E-state index in [1.807, 2.05) is 56.6 Å². The van der Waals surface area contributed by atoms with Gasteiger partial charge in [0, 0.05) is 5.56 Å². The van der Waals surface area contributed by atoms with Crippen molar-refractivity contribution in [1.82, 2.24) is 10.2 Å². The van der Waals surface area contributed by atoms with Crippen LogP contribution in [0.1, 0.15) is 28.4 Å². The van der Waals surface area contributed by atoms with Gasteiger partial charge in [-0.3, -0.25) is 4.79 Å². The summed E-state index contributed by atoms with van der Waals surface area (Å²) < 4.78 is 13.2. The molecule has 0 spiro atoms. The third-order valence-electron chi connectivity index (χ3n) is 4.45. The van der Waals surface area contributed by atoms with Crippen LogP contribution in [0.25, 0.3) is 10.8 Å². The van der Waals surface area contributed by atoms with Crippen molar-refractivity contribution >= 4 is 16.7 Å². The van der Waals surface area contributed by atoms with Gasteiger partial charge in [0.2, 0.25) is 0 Å². The fourth-order valence-electron chi connectivity index (χ4n) is 2.98. The highest BCUT2D eigenvalue weighted by Gasteiger charge is 2.16. The van der Waals surface area contributed by atoms with Crippen LogP contribution < -0.4 is 5.32 Å². The number of rotatable bonds is 6. The Morgan fingerprint density at radius 2 is 1.69 bits per heavy atom. The number of nitrogens with zero attached hydrogens (tertiary/aromatic N) is 1. The van der Waals surface area contributed by atoms with Crippen molar-refractivity contribution in [1.29, 1.82) is 0 Å². The first-order chi connectivity index (χ1) is 12.5. The van der Waals surface area contributed by atoms with Gasteiger partial charge in [-0.25, -0.2) is 4.39 Å². The van der Waals surface area contributed by atoms with Crippen LogP contribution in [0.2, 0.25) is 0 Å². The number of halogens is 1. The summed E-state index contributed by atoms with van der Waals surface area (Å²) in [5.41, 5.74) is 1.53. The summed E-state index contributed by atoms with van der Waals surface area (Å²) in [5, 5.41) is 5.24. The van der Waals surface area contributed by atoms with Gasteiger partial charge in [-0.15, -0.1) is 0 Å². The fourth-order valence-corrected chi connectivity index (χ4v) is 2.98. The highest BCUT2D eigenvalue weighted by molar-refractivity contribution is 5.98. The molecule has 3 aromatic carbocycles. The summed E-state index contributed by atoms with van der Waals surface area (Å²) in [4.78, 5) is 14.9. The molecule has 0 aromatic heterocycles. The first-order valence-corrected chi connectivity index (χ1v) is 8.73. The van der Waals surface area contributed by atoms with Gasteiger partial charge in [-0.2, -0.15) is 0 Å². The van der Waals surface area contributed by atoms with E-state index in [1.54, 1.807) is 12.1 Å². The normalized spacial score (nSPS) is 12.3. The molecule has 0 fully saturated rings. The summed E-state index contributed by atoms with van der Waals surface area (Å²) >= 11 is 0. The van der Waals surface area contributed by atoms with E-state index in [2.05, 4.69) is 10.2 Å². The summed E-state index contributed by atoms with van der Waals surface area (Å²) in [6.45, 7) is 0.819. The molecular formula is C22H23FN2O. The van der Waals surface area contributed by atoms with Crippen molar-refractivity contribution in [2.45, 2.75) is 12.5 Å². The highest BCUT2D eigenvalue weighted by atomic mass is 19.1. The maximum atomic E-state index is 13.2. The summed E-state index contributed by atoms with van der Waals surface area (Å²) in [6, 6.07) is 19.8. The predicted octanol–water partition coefficient (Wildman–Crippen LogP) is 4.40. The first kappa shape index (κ1) is 18.1. The lowest BCUT2D eigenvalue weighted by atomic mass is 10.0. The molecule has 3 aromatic rings. The van der Waals surface area contributed by atoms with Crippen molar-refractivity contribution in [2.24, 2.45) is 0 Å². The van der Waals surface area contributed by atoms with Gasteiger partial charge in [-0.05, 0) is 67.7 Å². The van der Waals surface area contributed by atoms with Gasteiger partial charge in [0.1, 0.15) is 5.82 Å². The second-order valence-electron chi connectivity index (χ2n) is 6.73. The van der Waals surface area contributed by atoms with Gasteiger partial charge in [-0.1, -0.05) is 42.5 Å². The van der Waals surface area contributed by atoms with E-state index >= 15 is 0 Å². The Hall–Kier alpha value is -2.72. The van der Waals surface area contributed by atoms with Crippen LogP contribution >= 0.6 is 0 Å². The average Bonchev–Trinajstić information content (AvgIpc) is 2.65. The number of carbonyl (C=O) groups excluding carboxylic acids is 1. The minimum Gasteiger partial charge on any atom is -0.345 e. The molecule has 4 heteroatoms. The molecule has 3 rings (SSSR count). The molecule has 0 bridgehead atoms. The van der Waals surface area contributed by atoms with Crippen molar-refractivity contribution in [2.75, 3.05) is 20.6 Å². The quantitative estimate of drug-likeness (QED) is 0.714. The maximum Gasteiger partial charge on any atom is 0.251 e. The van der Waals surface area contributed by atoms with E-state index in [1.165, 1.54) is 12.1 Å². The number of hydrogen-bond donors (Lipinski definition) is 1. The molecule has 3 nitrogen and oxygen atoms in total. The maximum absolute atomic E-state index is 13.2. The average molecular weight is 350 g/mol. The van der Waals surface area contributed by atoms with Gasteiger partial charge < -0.3 is 10.2 Å². The Kier molecular flexibility index (Phi) is 5.64. The molecule has 1 amide bonds. The standard InChI is InChI=1S/C22H23FN2O/c1-25(2)14-13-21(17-9-11-20(23)12-10-17)24-22(26)19-8-7-16-5-3-4-6-18(16)15-19/h3-12,15,21H,13-14H2,1-2H3,(H,24,26). The molecule has 0 radical (unpaired) electrons. The monoisotopic (exact) mass is 350 g/mol. The Bertz CT molecular complexity index is 890. The van der Waals surface area contributed by atoms with E-state index in [4.69, 9.17) is 0 Å². The van der Waals surface area contributed by atoms with Gasteiger partial charge in [0.15, 0.2) is 0 Å². The lowest BCUT2D eigenvalue weighted by Gasteiger charge is -2.21. The summed E-state index contributed by atoms with van der Waals surface area (Å²) in [7, 11) is 3.99. The van der Waals surface area contributed by atoms with Gasteiger partial charge in [0.25, 0.3) is 5.91 Å². The minimum atomic E-state index is -0.277. The van der Waals surface area contributed by atoms with E-state index < -0.39 is 0 Å². The Morgan fingerprint density at radius 1 is 1.00 bits per heavy atom. The van der Waals surface area contributed by atoms with Crippen molar-refractivity contribution in [3.63, 3.8) is 0 Å². The van der Waals surface area contributed by atoms with Crippen LogP contribution in [0.4, 0.5) is 4.39 Å². The van der Waals surface area contributed by atoms with E-state index in [-0.39, 0.29) is 17.8 Å². The third kappa shape index (κ3) is 4.46. The lowest BCUT2D eigenvalue weighted by molar-refractivity contribution is 0.0933. The number of amides is 1. The molecule has 0 saturated carbocycles. The largest absolute Gasteiger partial charge is 0.345 e. The topological polar surface area (TPSA) is 32.3 Å². The second kappa shape index (κ2) is 8.11. The molecule has 0 aliphatic heterocycles. The summed E-state index contributed by atoms with van der Waals surface area (Å²) in [6.07, 6.45) is 0.748. The molecule has 0 saturated heterocycles. The summed E-state index contributed by atoms with van der Waals surface area (Å²) in [5.74, 6) is -0.398. The Labute approximate surface area is 153 Å². The van der Waals surface area contributed by atoms with Crippen LogP contribution in [-0.4, -0.2) is 31.4 Å². The van der Waals surface area contributed by atoms with Crippen LogP contribution in [0.15, 0.2) is 66.7 Å². The third-order valence-corrected chi connectivity index (χ3v) is 4.45. The van der Waals surface area contributed by atoms with Crippen molar-refractivity contribution in [3.8, 4) is 0 Å². The smallest absolute Gasteiger partial charge is 0.251 e. The van der Waals surface area contributed by atoms with Crippen LogP contribution in [0.5, 0.6) is 0 Å². The zero-order chi connectivity index (χ0) is 18.5.